The highest BCUT2D eigenvalue weighted by atomic mass is 19.2. The Morgan fingerprint density at radius 1 is 1.00 bits per heavy atom. The quantitative estimate of drug-likeness (QED) is 0.783. The molecule has 1 saturated heterocycles. The molecule has 1 aliphatic heterocycles. The molecule has 0 spiro atoms. The van der Waals surface area contributed by atoms with Gasteiger partial charge in [0.1, 0.15) is 0 Å². The number of rotatable bonds is 3. The second-order valence-electron chi connectivity index (χ2n) is 6.50. The minimum absolute atomic E-state index is 0.0830. The van der Waals surface area contributed by atoms with Gasteiger partial charge in [0.15, 0.2) is 11.6 Å². The summed E-state index contributed by atoms with van der Waals surface area (Å²) in [7, 11) is 0. The minimum Gasteiger partial charge on any atom is -0.368 e. The summed E-state index contributed by atoms with van der Waals surface area (Å²) in [6, 6.07) is 11.8. The summed E-state index contributed by atoms with van der Waals surface area (Å²) < 4.78 is 26.5. The lowest BCUT2D eigenvalue weighted by atomic mass is 10.1. The van der Waals surface area contributed by atoms with Crippen LogP contribution in [0.15, 0.2) is 48.7 Å². The number of nitrogens with one attached hydrogen (secondary N) is 1. The van der Waals surface area contributed by atoms with E-state index in [1.165, 1.54) is 6.07 Å². The normalized spacial score (nSPS) is 14.8. The molecule has 134 valence electrons. The summed E-state index contributed by atoms with van der Waals surface area (Å²) in [5, 5.41) is 1.07. The Morgan fingerprint density at radius 2 is 1.77 bits per heavy atom. The maximum absolute atomic E-state index is 13.4. The zero-order chi connectivity index (χ0) is 18.1. The predicted molar refractivity (Wildman–Crippen MR) is 97.2 cm³/mol. The number of benzene rings is 2. The summed E-state index contributed by atoms with van der Waals surface area (Å²) in [6.07, 6.45) is 2.25. The second-order valence-corrected chi connectivity index (χ2v) is 6.50. The number of carbonyl (C=O) groups is 1. The van der Waals surface area contributed by atoms with Crippen molar-refractivity contribution in [2.75, 3.05) is 31.1 Å². The fourth-order valence-corrected chi connectivity index (χ4v) is 3.45. The molecule has 3 aromatic rings. The highest BCUT2D eigenvalue weighted by molar-refractivity contribution is 5.89. The van der Waals surface area contributed by atoms with E-state index >= 15 is 0 Å². The molecule has 0 aliphatic carbocycles. The van der Waals surface area contributed by atoms with Crippen LogP contribution in [0.1, 0.15) is 5.56 Å². The number of amides is 1. The van der Waals surface area contributed by atoms with E-state index in [0.717, 1.165) is 22.5 Å². The first-order chi connectivity index (χ1) is 12.6. The van der Waals surface area contributed by atoms with Crippen LogP contribution < -0.4 is 4.90 Å². The molecule has 1 aromatic heterocycles. The number of anilines is 1. The van der Waals surface area contributed by atoms with E-state index in [0.29, 0.717) is 38.3 Å². The number of piperazine rings is 1. The van der Waals surface area contributed by atoms with Crippen LogP contribution >= 0.6 is 0 Å². The Kier molecular flexibility index (Phi) is 4.32. The highest BCUT2D eigenvalue weighted by Crippen LogP contribution is 2.21. The van der Waals surface area contributed by atoms with Gasteiger partial charge in [-0.3, -0.25) is 4.79 Å². The molecular weight excluding hydrogens is 336 g/mol. The third kappa shape index (κ3) is 3.14. The standard InChI is InChI=1S/C20H19F2N3O/c21-17-6-5-15(12-18(17)22)24-7-9-25(10-8-24)20(26)11-14-13-23-19-4-2-1-3-16(14)19/h1-6,12-13,23H,7-11H2. The van der Waals surface area contributed by atoms with Crippen LogP contribution in [0.25, 0.3) is 10.9 Å². The van der Waals surface area contributed by atoms with E-state index in [2.05, 4.69) is 4.98 Å². The Labute approximate surface area is 150 Å². The number of carbonyl (C=O) groups excluding carboxylic acids is 1. The summed E-state index contributed by atoms with van der Waals surface area (Å²) in [5.74, 6) is -1.61. The molecule has 1 fully saturated rings. The number of hydrogen-bond donors (Lipinski definition) is 1. The SMILES string of the molecule is O=C(Cc1c[nH]c2ccccc12)N1CCN(c2ccc(F)c(F)c2)CC1. The molecule has 1 aliphatic rings. The molecule has 1 amide bonds. The van der Waals surface area contributed by atoms with E-state index in [-0.39, 0.29) is 5.91 Å². The van der Waals surface area contributed by atoms with Crippen molar-refractivity contribution >= 4 is 22.5 Å². The van der Waals surface area contributed by atoms with Gasteiger partial charge < -0.3 is 14.8 Å². The number of hydrogen-bond acceptors (Lipinski definition) is 2. The average molecular weight is 355 g/mol. The predicted octanol–water partition coefficient (Wildman–Crippen LogP) is 3.34. The average Bonchev–Trinajstić information content (AvgIpc) is 3.07. The molecule has 4 rings (SSSR count). The smallest absolute Gasteiger partial charge is 0.227 e. The fourth-order valence-electron chi connectivity index (χ4n) is 3.45. The molecule has 1 N–H and O–H groups in total. The van der Waals surface area contributed by atoms with Gasteiger partial charge in [-0.1, -0.05) is 18.2 Å². The first-order valence-electron chi connectivity index (χ1n) is 8.64. The summed E-state index contributed by atoms with van der Waals surface area (Å²) in [4.78, 5) is 19.6. The van der Waals surface area contributed by atoms with Crippen LogP contribution in [0, 0.1) is 11.6 Å². The van der Waals surface area contributed by atoms with Crippen LogP contribution in [0.4, 0.5) is 14.5 Å². The van der Waals surface area contributed by atoms with Crippen molar-refractivity contribution in [3.05, 3.63) is 65.9 Å². The molecule has 0 radical (unpaired) electrons. The molecule has 0 bridgehead atoms. The van der Waals surface area contributed by atoms with Gasteiger partial charge in [-0.25, -0.2) is 8.78 Å². The second kappa shape index (κ2) is 6.78. The van der Waals surface area contributed by atoms with E-state index in [4.69, 9.17) is 0 Å². The molecule has 26 heavy (non-hydrogen) atoms. The van der Waals surface area contributed by atoms with Crippen LogP contribution in [0.2, 0.25) is 0 Å². The Morgan fingerprint density at radius 3 is 2.54 bits per heavy atom. The Hall–Kier alpha value is -2.89. The number of nitrogens with zero attached hydrogens (tertiary/aromatic N) is 2. The molecule has 2 aromatic carbocycles. The van der Waals surface area contributed by atoms with Crippen molar-refractivity contribution in [2.24, 2.45) is 0 Å². The maximum atomic E-state index is 13.4. The lowest BCUT2D eigenvalue weighted by Gasteiger charge is -2.36. The topological polar surface area (TPSA) is 39.3 Å². The van der Waals surface area contributed by atoms with E-state index in [1.54, 1.807) is 6.07 Å². The van der Waals surface area contributed by atoms with Crippen LogP contribution in [-0.2, 0) is 11.2 Å². The molecule has 0 atom stereocenters. The van der Waals surface area contributed by atoms with E-state index in [9.17, 15) is 13.6 Å². The van der Waals surface area contributed by atoms with Gasteiger partial charge in [0.05, 0.1) is 6.42 Å². The number of halogens is 2. The molecule has 4 nitrogen and oxygen atoms in total. The highest BCUT2D eigenvalue weighted by Gasteiger charge is 2.22. The number of H-pyrrole nitrogens is 1. The van der Waals surface area contributed by atoms with Gasteiger partial charge in [-0.05, 0) is 23.8 Å². The summed E-state index contributed by atoms with van der Waals surface area (Å²) >= 11 is 0. The summed E-state index contributed by atoms with van der Waals surface area (Å²) in [5.41, 5.74) is 2.67. The first kappa shape index (κ1) is 16.6. The number of fused-ring (bicyclic) bond motifs is 1. The molecule has 2 heterocycles. The van der Waals surface area contributed by atoms with Crippen molar-refractivity contribution in [1.82, 2.24) is 9.88 Å². The Balaban J connectivity index is 1.39. The lowest BCUT2D eigenvalue weighted by Crippen LogP contribution is -2.49. The van der Waals surface area contributed by atoms with Gasteiger partial charge in [-0.15, -0.1) is 0 Å². The monoisotopic (exact) mass is 355 g/mol. The van der Waals surface area contributed by atoms with Crippen molar-refractivity contribution in [3.63, 3.8) is 0 Å². The number of aromatic nitrogens is 1. The van der Waals surface area contributed by atoms with Gasteiger partial charge >= 0.3 is 0 Å². The number of para-hydroxylation sites is 1. The molecule has 0 saturated carbocycles. The van der Waals surface area contributed by atoms with Gasteiger partial charge in [0, 0.05) is 55.0 Å². The van der Waals surface area contributed by atoms with Crippen LogP contribution in [0.3, 0.4) is 0 Å². The van der Waals surface area contributed by atoms with Crippen LogP contribution in [0.5, 0.6) is 0 Å². The molecule has 0 unspecified atom stereocenters. The minimum atomic E-state index is -0.847. The van der Waals surface area contributed by atoms with Gasteiger partial charge in [0.2, 0.25) is 5.91 Å². The van der Waals surface area contributed by atoms with Crippen LogP contribution in [-0.4, -0.2) is 42.0 Å². The van der Waals surface area contributed by atoms with Gasteiger partial charge in [-0.2, -0.15) is 0 Å². The maximum Gasteiger partial charge on any atom is 0.227 e. The third-order valence-electron chi connectivity index (χ3n) is 4.92. The molecule has 6 heteroatoms. The van der Waals surface area contributed by atoms with Crippen molar-refractivity contribution in [1.29, 1.82) is 0 Å². The largest absolute Gasteiger partial charge is 0.368 e. The van der Waals surface area contributed by atoms with Crippen molar-refractivity contribution in [3.8, 4) is 0 Å². The van der Waals surface area contributed by atoms with E-state index in [1.807, 2.05) is 40.3 Å². The zero-order valence-corrected chi connectivity index (χ0v) is 14.2. The first-order valence-corrected chi connectivity index (χ1v) is 8.64. The summed E-state index contributed by atoms with van der Waals surface area (Å²) in [6.45, 7) is 2.34. The fraction of sp³-hybridized carbons (Fsp3) is 0.250. The lowest BCUT2D eigenvalue weighted by molar-refractivity contribution is -0.130. The third-order valence-corrected chi connectivity index (χ3v) is 4.92. The van der Waals surface area contributed by atoms with E-state index < -0.39 is 11.6 Å². The zero-order valence-electron chi connectivity index (χ0n) is 14.2. The Bertz CT molecular complexity index is 945. The molecular formula is C20H19F2N3O. The van der Waals surface area contributed by atoms with Crippen molar-refractivity contribution < 1.29 is 13.6 Å². The number of aromatic amines is 1. The van der Waals surface area contributed by atoms with Crippen molar-refractivity contribution in [2.45, 2.75) is 6.42 Å². The van der Waals surface area contributed by atoms with Gasteiger partial charge in [0.25, 0.3) is 0 Å².